The van der Waals surface area contributed by atoms with Gasteiger partial charge in [0.1, 0.15) is 5.01 Å². The van der Waals surface area contributed by atoms with Crippen molar-refractivity contribution in [1.82, 2.24) is 10.3 Å². The predicted molar refractivity (Wildman–Crippen MR) is 109 cm³/mol. The third-order valence-corrected chi connectivity index (χ3v) is 6.39. The van der Waals surface area contributed by atoms with Crippen LogP contribution in [0.25, 0.3) is 11.3 Å². The first-order chi connectivity index (χ1) is 12.7. The van der Waals surface area contributed by atoms with E-state index < -0.39 is 0 Å². The quantitative estimate of drug-likeness (QED) is 0.622. The zero-order valence-corrected chi connectivity index (χ0v) is 16.9. The fraction of sp³-hybridized carbons (Fsp3) is 0.524. The van der Waals surface area contributed by atoms with E-state index in [-0.39, 0.29) is 11.8 Å². The summed E-state index contributed by atoms with van der Waals surface area (Å²) >= 11 is 7.52. The SMILES string of the molecule is CCCCC1CCC(C(=O)NCc2nc(-c3ccc(Cl)cc3)cs2)CC1. The van der Waals surface area contributed by atoms with Crippen LogP contribution in [0.1, 0.15) is 56.9 Å². The van der Waals surface area contributed by atoms with Gasteiger partial charge >= 0.3 is 0 Å². The molecule has 1 fully saturated rings. The molecule has 0 spiro atoms. The maximum Gasteiger partial charge on any atom is 0.223 e. The van der Waals surface area contributed by atoms with Crippen molar-refractivity contribution in [3.05, 3.63) is 39.7 Å². The summed E-state index contributed by atoms with van der Waals surface area (Å²) in [5.41, 5.74) is 1.99. The normalized spacial score (nSPS) is 20.1. The topological polar surface area (TPSA) is 42.0 Å². The molecule has 1 aliphatic rings. The molecular formula is C21H27ClN2OS. The Labute approximate surface area is 165 Å². The first-order valence-electron chi connectivity index (χ1n) is 9.63. The molecule has 0 unspecified atom stereocenters. The summed E-state index contributed by atoms with van der Waals surface area (Å²) < 4.78 is 0. The highest BCUT2D eigenvalue weighted by molar-refractivity contribution is 7.09. The fourth-order valence-electron chi connectivity index (χ4n) is 3.66. The first-order valence-corrected chi connectivity index (χ1v) is 10.9. The van der Waals surface area contributed by atoms with E-state index in [0.29, 0.717) is 6.54 Å². The van der Waals surface area contributed by atoms with Crippen LogP contribution in [0.4, 0.5) is 0 Å². The lowest BCUT2D eigenvalue weighted by atomic mass is 9.79. The lowest BCUT2D eigenvalue weighted by Gasteiger charge is -2.27. The lowest BCUT2D eigenvalue weighted by molar-refractivity contribution is -0.126. The lowest BCUT2D eigenvalue weighted by Crippen LogP contribution is -2.32. The van der Waals surface area contributed by atoms with Gasteiger partial charge in [-0.1, -0.05) is 49.9 Å². The Hall–Kier alpha value is -1.39. The van der Waals surface area contributed by atoms with Gasteiger partial charge in [-0.15, -0.1) is 11.3 Å². The number of rotatable bonds is 7. The number of hydrogen-bond acceptors (Lipinski definition) is 3. The molecule has 0 aliphatic heterocycles. The van der Waals surface area contributed by atoms with Crippen molar-refractivity contribution in [3.8, 4) is 11.3 Å². The maximum atomic E-state index is 12.5. The van der Waals surface area contributed by atoms with Crippen molar-refractivity contribution in [3.63, 3.8) is 0 Å². The van der Waals surface area contributed by atoms with Gasteiger partial charge in [0.25, 0.3) is 0 Å². The predicted octanol–water partition coefficient (Wildman–Crippen LogP) is 6.08. The number of benzene rings is 1. The molecule has 3 nitrogen and oxygen atoms in total. The minimum Gasteiger partial charge on any atom is -0.349 e. The standard InChI is InChI=1S/C21H27ClN2OS/c1-2-3-4-15-5-7-17(8-6-15)21(25)23-13-20-24-19(14-26-20)16-9-11-18(22)12-10-16/h9-12,14-15,17H,2-8,13H2,1H3,(H,23,25). The van der Waals surface area contributed by atoms with Crippen molar-refractivity contribution in [2.24, 2.45) is 11.8 Å². The number of nitrogens with zero attached hydrogens (tertiary/aromatic N) is 1. The number of amides is 1. The van der Waals surface area contributed by atoms with Crippen LogP contribution >= 0.6 is 22.9 Å². The van der Waals surface area contributed by atoms with Crippen LogP contribution in [0.5, 0.6) is 0 Å². The third-order valence-electron chi connectivity index (χ3n) is 5.29. The molecule has 5 heteroatoms. The summed E-state index contributed by atoms with van der Waals surface area (Å²) in [5.74, 6) is 1.21. The number of aromatic nitrogens is 1. The highest BCUT2D eigenvalue weighted by Crippen LogP contribution is 2.32. The summed E-state index contributed by atoms with van der Waals surface area (Å²) in [7, 11) is 0. The van der Waals surface area contributed by atoms with Crippen LogP contribution in [0.2, 0.25) is 5.02 Å². The Kier molecular flexibility index (Phi) is 7.09. The molecule has 1 heterocycles. The van der Waals surface area contributed by atoms with Gasteiger partial charge in [-0.3, -0.25) is 4.79 Å². The van der Waals surface area contributed by atoms with Crippen LogP contribution in [-0.4, -0.2) is 10.9 Å². The molecule has 1 aliphatic carbocycles. The van der Waals surface area contributed by atoms with Crippen LogP contribution < -0.4 is 5.32 Å². The van der Waals surface area contributed by atoms with Crippen LogP contribution in [0, 0.1) is 11.8 Å². The highest BCUT2D eigenvalue weighted by Gasteiger charge is 2.25. The van der Waals surface area contributed by atoms with E-state index in [9.17, 15) is 4.79 Å². The van der Waals surface area contributed by atoms with Gasteiger partial charge < -0.3 is 5.32 Å². The maximum absolute atomic E-state index is 12.5. The number of nitrogens with one attached hydrogen (secondary N) is 1. The zero-order chi connectivity index (χ0) is 18.4. The minimum atomic E-state index is 0.184. The molecule has 3 rings (SSSR count). The molecule has 2 aromatic rings. The zero-order valence-electron chi connectivity index (χ0n) is 15.3. The Balaban J connectivity index is 1.46. The van der Waals surface area contributed by atoms with E-state index in [1.807, 2.05) is 29.6 Å². The molecule has 0 radical (unpaired) electrons. The molecule has 1 amide bonds. The van der Waals surface area contributed by atoms with Gasteiger partial charge in [0.15, 0.2) is 0 Å². The second-order valence-electron chi connectivity index (χ2n) is 7.21. The summed E-state index contributed by atoms with van der Waals surface area (Å²) in [6, 6.07) is 7.68. The number of carbonyl (C=O) groups excluding carboxylic acids is 1. The smallest absolute Gasteiger partial charge is 0.223 e. The second-order valence-corrected chi connectivity index (χ2v) is 8.59. The van der Waals surface area contributed by atoms with E-state index in [1.54, 1.807) is 11.3 Å². The Morgan fingerprint density at radius 3 is 2.65 bits per heavy atom. The molecule has 1 saturated carbocycles. The largest absolute Gasteiger partial charge is 0.349 e. The molecule has 1 aromatic heterocycles. The average Bonchev–Trinajstić information content (AvgIpc) is 3.14. The van der Waals surface area contributed by atoms with Crippen molar-refractivity contribution >= 4 is 28.8 Å². The summed E-state index contributed by atoms with van der Waals surface area (Å²) in [6.45, 7) is 2.77. The van der Waals surface area contributed by atoms with E-state index in [4.69, 9.17) is 11.6 Å². The highest BCUT2D eigenvalue weighted by atomic mass is 35.5. The van der Waals surface area contributed by atoms with Gasteiger partial charge in [-0.2, -0.15) is 0 Å². The van der Waals surface area contributed by atoms with Crippen molar-refractivity contribution in [2.45, 2.75) is 58.4 Å². The Morgan fingerprint density at radius 1 is 1.23 bits per heavy atom. The average molecular weight is 391 g/mol. The first kappa shape index (κ1) is 19.4. The molecule has 0 atom stereocenters. The van der Waals surface area contributed by atoms with Crippen LogP contribution in [0.3, 0.4) is 0 Å². The molecule has 140 valence electrons. The van der Waals surface area contributed by atoms with Gasteiger partial charge in [-0.25, -0.2) is 4.98 Å². The van der Waals surface area contributed by atoms with Gasteiger partial charge in [0.05, 0.1) is 12.2 Å². The van der Waals surface area contributed by atoms with E-state index in [2.05, 4.69) is 17.2 Å². The number of carbonyl (C=O) groups is 1. The number of halogens is 1. The molecule has 0 bridgehead atoms. The van der Waals surface area contributed by atoms with Gasteiger partial charge in [0.2, 0.25) is 5.91 Å². The van der Waals surface area contributed by atoms with Gasteiger partial charge in [0, 0.05) is 21.9 Å². The van der Waals surface area contributed by atoms with E-state index in [1.165, 1.54) is 32.1 Å². The molecule has 26 heavy (non-hydrogen) atoms. The molecule has 1 aromatic carbocycles. The van der Waals surface area contributed by atoms with Crippen molar-refractivity contribution < 1.29 is 4.79 Å². The van der Waals surface area contributed by atoms with Crippen molar-refractivity contribution in [1.29, 1.82) is 0 Å². The van der Waals surface area contributed by atoms with E-state index in [0.717, 1.165) is 40.0 Å². The second kappa shape index (κ2) is 9.52. The van der Waals surface area contributed by atoms with Crippen molar-refractivity contribution in [2.75, 3.05) is 0 Å². The number of thiazole rings is 1. The Bertz CT molecular complexity index is 705. The summed E-state index contributed by atoms with van der Waals surface area (Å²) in [4.78, 5) is 17.1. The Morgan fingerprint density at radius 2 is 1.96 bits per heavy atom. The van der Waals surface area contributed by atoms with E-state index >= 15 is 0 Å². The fourth-order valence-corrected chi connectivity index (χ4v) is 4.53. The molecule has 0 saturated heterocycles. The molecule has 1 N–H and O–H groups in total. The minimum absolute atomic E-state index is 0.184. The van der Waals surface area contributed by atoms with Crippen LogP contribution in [-0.2, 0) is 11.3 Å². The number of unbranched alkanes of at least 4 members (excludes halogenated alkanes) is 1. The summed E-state index contributed by atoms with van der Waals surface area (Å²) in [5, 5.41) is 6.79. The summed E-state index contributed by atoms with van der Waals surface area (Å²) in [6.07, 6.45) is 8.40. The van der Waals surface area contributed by atoms with Crippen LogP contribution in [0.15, 0.2) is 29.6 Å². The monoisotopic (exact) mass is 390 g/mol. The van der Waals surface area contributed by atoms with Gasteiger partial charge in [-0.05, 0) is 43.7 Å². The molecular weight excluding hydrogens is 364 g/mol. The third kappa shape index (κ3) is 5.31. The number of hydrogen-bond donors (Lipinski definition) is 1.